The first-order chi connectivity index (χ1) is 9.69. The molecule has 0 atom stereocenters. The van der Waals surface area contributed by atoms with Crippen LogP contribution in [-0.2, 0) is 9.53 Å². The Bertz CT molecular complexity index is 578. The van der Waals surface area contributed by atoms with Crippen molar-refractivity contribution in [2.45, 2.75) is 0 Å². The predicted molar refractivity (Wildman–Crippen MR) is 70.5 cm³/mol. The second-order valence-electron chi connectivity index (χ2n) is 3.83. The number of aromatic nitrogens is 2. The lowest BCUT2D eigenvalue weighted by Gasteiger charge is -2.07. The van der Waals surface area contributed by atoms with Gasteiger partial charge in [-0.3, -0.25) is 9.89 Å². The lowest BCUT2D eigenvalue weighted by molar-refractivity contribution is -0.142. The van der Waals surface area contributed by atoms with Crippen LogP contribution in [0.1, 0.15) is 10.4 Å². The van der Waals surface area contributed by atoms with Crippen LogP contribution in [0, 0.1) is 0 Å². The summed E-state index contributed by atoms with van der Waals surface area (Å²) in [6, 6.07) is 6.64. The number of benzene rings is 1. The number of aromatic amines is 1. The van der Waals surface area contributed by atoms with E-state index in [2.05, 4.69) is 20.3 Å². The maximum atomic E-state index is 11.8. The molecule has 2 N–H and O–H groups in total. The van der Waals surface area contributed by atoms with Crippen LogP contribution in [0.2, 0.25) is 0 Å². The number of nitrogens with zero attached hydrogens (tertiary/aromatic N) is 1. The van der Waals surface area contributed by atoms with Gasteiger partial charge in [0.15, 0.2) is 6.61 Å². The van der Waals surface area contributed by atoms with Crippen molar-refractivity contribution in [3.05, 3.63) is 42.2 Å². The summed E-state index contributed by atoms with van der Waals surface area (Å²) in [5, 5.41) is 8.96. The number of hydrogen-bond acceptors (Lipinski definition) is 5. The lowest BCUT2D eigenvalue weighted by atomic mass is 10.2. The van der Waals surface area contributed by atoms with Gasteiger partial charge in [0.05, 0.1) is 18.9 Å². The van der Waals surface area contributed by atoms with Crippen molar-refractivity contribution in [3.8, 4) is 5.75 Å². The Balaban J connectivity index is 1.91. The number of anilines is 1. The molecular weight excluding hydrogens is 262 g/mol. The summed E-state index contributed by atoms with van der Waals surface area (Å²) in [4.78, 5) is 22.7. The van der Waals surface area contributed by atoms with Crippen LogP contribution in [-0.4, -0.2) is 35.8 Å². The fourth-order valence-corrected chi connectivity index (χ4v) is 1.41. The summed E-state index contributed by atoms with van der Waals surface area (Å²) >= 11 is 0. The third kappa shape index (κ3) is 3.58. The Labute approximate surface area is 114 Å². The Morgan fingerprint density at radius 1 is 1.30 bits per heavy atom. The van der Waals surface area contributed by atoms with Gasteiger partial charge in [0.25, 0.3) is 5.91 Å². The number of H-pyrrole nitrogens is 1. The molecule has 0 saturated heterocycles. The summed E-state index contributed by atoms with van der Waals surface area (Å²) in [5.74, 6) is -0.207. The summed E-state index contributed by atoms with van der Waals surface area (Å²) in [6.07, 6.45) is 2.94. The van der Waals surface area contributed by atoms with Crippen molar-refractivity contribution in [1.29, 1.82) is 0 Å². The second-order valence-corrected chi connectivity index (χ2v) is 3.83. The first-order valence-corrected chi connectivity index (χ1v) is 5.79. The molecule has 2 rings (SSSR count). The number of carbonyl (C=O) groups excluding carboxylic acids is 2. The number of esters is 1. The molecule has 0 unspecified atom stereocenters. The number of nitrogens with one attached hydrogen (secondary N) is 2. The van der Waals surface area contributed by atoms with Crippen LogP contribution in [0.3, 0.4) is 0 Å². The third-order valence-electron chi connectivity index (χ3n) is 2.46. The van der Waals surface area contributed by atoms with Gasteiger partial charge in [0, 0.05) is 11.9 Å². The number of rotatable bonds is 5. The topological polar surface area (TPSA) is 93.3 Å². The van der Waals surface area contributed by atoms with E-state index in [1.54, 1.807) is 24.3 Å². The van der Waals surface area contributed by atoms with E-state index in [1.165, 1.54) is 19.5 Å². The minimum atomic E-state index is -0.456. The van der Waals surface area contributed by atoms with E-state index in [-0.39, 0.29) is 12.5 Å². The van der Waals surface area contributed by atoms with E-state index < -0.39 is 5.97 Å². The molecular formula is C13H13N3O4. The Morgan fingerprint density at radius 3 is 2.65 bits per heavy atom. The van der Waals surface area contributed by atoms with Crippen molar-refractivity contribution < 1.29 is 19.1 Å². The van der Waals surface area contributed by atoms with Gasteiger partial charge >= 0.3 is 5.97 Å². The molecule has 0 fully saturated rings. The van der Waals surface area contributed by atoms with Crippen LogP contribution in [0.5, 0.6) is 5.75 Å². The molecule has 0 spiro atoms. The normalized spacial score (nSPS) is 9.85. The van der Waals surface area contributed by atoms with E-state index in [0.29, 0.717) is 17.0 Å². The first kappa shape index (κ1) is 13.6. The molecule has 7 heteroatoms. The number of methoxy groups -OCH3 is 1. The van der Waals surface area contributed by atoms with Crippen LogP contribution in [0.15, 0.2) is 36.7 Å². The molecule has 1 aromatic heterocycles. The molecule has 1 amide bonds. The van der Waals surface area contributed by atoms with Gasteiger partial charge < -0.3 is 14.8 Å². The number of amides is 1. The van der Waals surface area contributed by atoms with Crippen molar-refractivity contribution in [1.82, 2.24) is 10.2 Å². The Kier molecular flexibility index (Phi) is 4.33. The molecule has 1 aromatic carbocycles. The van der Waals surface area contributed by atoms with Gasteiger partial charge in [-0.25, -0.2) is 4.79 Å². The highest BCUT2D eigenvalue weighted by atomic mass is 16.6. The summed E-state index contributed by atoms with van der Waals surface area (Å²) in [7, 11) is 1.29. The molecule has 0 aliphatic rings. The number of ether oxygens (including phenoxy) is 2. The zero-order valence-corrected chi connectivity index (χ0v) is 10.8. The van der Waals surface area contributed by atoms with Gasteiger partial charge in [0.1, 0.15) is 5.75 Å². The largest absolute Gasteiger partial charge is 0.482 e. The van der Waals surface area contributed by atoms with E-state index in [4.69, 9.17) is 4.74 Å². The monoisotopic (exact) mass is 275 g/mol. The minimum absolute atomic E-state index is 0.156. The van der Waals surface area contributed by atoms with Crippen LogP contribution in [0.25, 0.3) is 0 Å². The maximum Gasteiger partial charge on any atom is 0.343 e. The average molecular weight is 275 g/mol. The van der Waals surface area contributed by atoms with Crippen molar-refractivity contribution in [2.24, 2.45) is 0 Å². The fourth-order valence-electron chi connectivity index (χ4n) is 1.41. The maximum absolute atomic E-state index is 11.8. The average Bonchev–Trinajstić information content (AvgIpc) is 3.00. The standard InChI is InChI=1S/C13H13N3O4/c1-19-12(17)8-20-11-4-2-10(3-5-11)16-13(18)9-6-14-15-7-9/h2-7H,8H2,1H3,(H,14,15)(H,16,18). The van der Waals surface area contributed by atoms with E-state index in [9.17, 15) is 9.59 Å². The van der Waals surface area contributed by atoms with Crippen molar-refractivity contribution in [3.63, 3.8) is 0 Å². The van der Waals surface area contributed by atoms with E-state index in [0.717, 1.165) is 0 Å². The van der Waals surface area contributed by atoms with Crippen molar-refractivity contribution >= 4 is 17.6 Å². The second kappa shape index (κ2) is 6.37. The molecule has 0 bridgehead atoms. The SMILES string of the molecule is COC(=O)COc1ccc(NC(=O)c2cn[nH]c2)cc1. The van der Waals surface area contributed by atoms with Gasteiger partial charge in [-0.1, -0.05) is 0 Å². The van der Waals surface area contributed by atoms with Gasteiger partial charge in [-0.15, -0.1) is 0 Å². The van der Waals surface area contributed by atoms with Gasteiger partial charge in [-0.2, -0.15) is 5.10 Å². The highest BCUT2D eigenvalue weighted by Crippen LogP contribution is 2.16. The van der Waals surface area contributed by atoms with Crippen molar-refractivity contribution in [2.75, 3.05) is 19.0 Å². The smallest absolute Gasteiger partial charge is 0.343 e. The molecule has 104 valence electrons. The van der Waals surface area contributed by atoms with E-state index >= 15 is 0 Å². The molecule has 0 radical (unpaired) electrons. The van der Waals surface area contributed by atoms with Gasteiger partial charge in [-0.05, 0) is 24.3 Å². The first-order valence-electron chi connectivity index (χ1n) is 5.79. The quantitative estimate of drug-likeness (QED) is 0.800. The molecule has 0 aliphatic carbocycles. The Hall–Kier alpha value is -2.83. The molecule has 0 aliphatic heterocycles. The minimum Gasteiger partial charge on any atom is -0.482 e. The molecule has 20 heavy (non-hydrogen) atoms. The molecule has 1 heterocycles. The summed E-state index contributed by atoms with van der Waals surface area (Å²) < 4.78 is 9.65. The van der Waals surface area contributed by atoms with Crippen LogP contribution < -0.4 is 10.1 Å². The molecule has 0 saturated carbocycles. The predicted octanol–water partition coefficient (Wildman–Crippen LogP) is 1.21. The summed E-state index contributed by atoms with van der Waals surface area (Å²) in [6.45, 7) is -0.156. The third-order valence-corrected chi connectivity index (χ3v) is 2.46. The fraction of sp³-hybridized carbons (Fsp3) is 0.154. The highest BCUT2D eigenvalue weighted by Gasteiger charge is 2.07. The van der Waals surface area contributed by atoms with E-state index in [1.807, 2.05) is 0 Å². The lowest BCUT2D eigenvalue weighted by Crippen LogP contribution is -2.13. The van der Waals surface area contributed by atoms with Crippen LogP contribution in [0.4, 0.5) is 5.69 Å². The molecule has 2 aromatic rings. The highest BCUT2D eigenvalue weighted by molar-refractivity contribution is 6.03. The van der Waals surface area contributed by atoms with Gasteiger partial charge in [0.2, 0.25) is 0 Å². The molecule has 7 nitrogen and oxygen atoms in total. The van der Waals surface area contributed by atoms with Crippen LogP contribution >= 0.6 is 0 Å². The zero-order valence-electron chi connectivity index (χ0n) is 10.8. The zero-order chi connectivity index (χ0) is 14.4. The number of carbonyl (C=O) groups is 2. The summed E-state index contributed by atoms with van der Waals surface area (Å²) in [5.41, 5.74) is 1.05. The number of hydrogen-bond donors (Lipinski definition) is 2. The Morgan fingerprint density at radius 2 is 2.05 bits per heavy atom.